The van der Waals surface area contributed by atoms with Gasteiger partial charge in [0, 0.05) is 18.6 Å². The highest BCUT2D eigenvalue weighted by Crippen LogP contribution is 2.15. The summed E-state index contributed by atoms with van der Waals surface area (Å²) in [5.74, 6) is 0.681. The molecule has 2 aliphatic heterocycles. The van der Waals surface area contributed by atoms with Crippen LogP contribution in [0.4, 0.5) is 0 Å². The number of sulfone groups is 1. The van der Waals surface area contributed by atoms with Crippen molar-refractivity contribution in [2.45, 2.75) is 44.7 Å². The highest BCUT2D eigenvalue weighted by molar-refractivity contribution is 7.91. The van der Waals surface area contributed by atoms with Gasteiger partial charge in [-0.3, -0.25) is 4.90 Å². The van der Waals surface area contributed by atoms with E-state index in [4.69, 9.17) is 0 Å². The maximum atomic E-state index is 11.5. The molecule has 0 aromatic heterocycles. The number of rotatable bonds is 3. The zero-order valence-electron chi connectivity index (χ0n) is 10.7. The van der Waals surface area contributed by atoms with Crippen LogP contribution in [0, 0.1) is 0 Å². The second-order valence-electron chi connectivity index (χ2n) is 5.43. The molecule has 0 aromatic carbocycles. The summed E-state index contributed by atoms with van der Waals surface area (Å²) in [6.45, 7) is 4.93. The normalized spacial score (nSPS) is 34.6. The van der Waals surface area contributed by atoms with Gasteiger partial charge in [-0.2, -0.15) is 0 Å². The second-order valence-corrected chi connectivity index (χ2v) is 7.66. The molecule has 0 spiro atoms. The Bertz CT molecular complexity index is 336. The first-order valence-electron chi connectivity index (χ1n) is 6.75. The van der Waals surface area contributed by atoms with Crippen LogP contribution in [0.2, 0.25) is 0 Å². The topological polar surface area (TPSA) is 49.4 Å². The minimum Gasteiger partial charge on any atom is -0.314 e. The van der Waals surface area contributed by atoms with Crippen LogP contribution < -0.4 is 5.32 Å². The number of hydrogen-bond donors (Lipinski definition) is 1. The zero-order valence-corrected chi connectivity index (χ0v) is 11.5. The standard InChI is InChI=1S/C12H24N2O2S/c1-11-10-17(15,16)9-8-14(11)7-5-12-4-2-3-6-13-12/h11-13H,2-10H2,1H3. The molecule has 2 fully saturated rings. The van der Waals surface area contributed by atoms with Crippen molar-refractivity contribution in [2.75, 3.05) is 31.1 Å². The summed E-state index contributed by atoms with van der Waals surface area (Å²) in [6, 6.07) is 0.840. The van der Waals surface area contributed by atoms with Gasteiger partial charge < -0.3 is 5.32 Å². The number of piperidine rings is 1. The smallest absolute Gasteiger partial charge is 0.153 e. The van der Waals surface area contributed by atoms with Gasteiger partial charge in [-0.15, -0.1) is 0 Å². The number of nitrogens with one attached hydrogen (secondary N) is 1. The van der Waals surface area contributed by atoms with E-state index < -0.39 is 9.84 Å². The molecular weight excluding hydrogens is 236 g/mol. The van der Waals surface area contributed by atoms with Crippen molar-refractivity contribution in [3.63, 3.8) is 0 Å². The molecule has 5 heteroatoms. The van der Waals surface area contributed by atoms with Crippen molar-refractivity contribution in [1.29, 1.82) is 0 Å². The Balaban J connectivity index is 1.75. The van der Waals surface area contributed by atoms with Gasteiger partial charge in [0.25, 0.3) is 0 Å². The second kappa shape index (κ2) is 5.67. The highest BCUT2D eigenvalue weighted by atomic mass is 32.2. The third-order valence-corrected chi connectivity index (χ3v) is 5.78. The van der Waals surface area contributed by atoms with Crippen LogP contribution in [0.25, 0.3) is 0 Å². The minimum absolute atomic E-state index is 0.192. The maximum Gasteiger partial charge on any atom is 0.153 e. The highest BCUT2D eigenvalue weighted by Gasteiger charge is 2.28. The Kier molecular flexibility index (Phi) is 4.44. The van der Waals surface area contributed by atoms with E-state index in [1.807, 2.05) is 6.92 Å². The molecule has 2 atom stereocenters. The molecular formula is C12H24N2O2S. The van der Waals surface area contributed by atoms with Crippen molar-refractivity contribution in [3.8, 4) is 0 Å². The van der Waals surface area contributed by atoms with Crippen molar-refractivity contribution in [3.05, 3.63) is 0 Å². The van der Waals surface area contributed by atoms with Crippen LogP contribution >= 0.6 is 0 Å². The van der Waals surface area contributed by atoms with Gasteiger partial charge in [0.1, 0.15) is 0 Å². The molecule has 100 valence electrons. The fourth-order valence-corrected chi connectivity index (χ4v) is 4.48. The van der Waals surface area contributed by atoms with E-state index in [-0.39, 0.29) is 6.04 Å². The molecule has 2 heterocycles. The fraction of sp³-hybridized carbons (Fsp3) is 1.00. The van der Waals surface area contributed by atoms with E-state index in [1.54, 1.807) is 0 Å². The van der Waals surface area contributed by atoms with E-state index in [0.29, 0.717) is 17.5 Å². The van der Waals surface area contributed by atoms with Gasteiger partial charge in [-0.25, -0.2) is 8.42 Å². The van der Waals surface area contributed by atoms with Crippen LogP contribution in [0.5, 0.6) is 0 Å². The lowest BCUT2D eigenvalue weighted by atomic mass is 10.0. The maximum absolute atomic E-state index is 11.5. The molecule has 1 N–H and O–H groups in total. The first kappa shape index (κ1) is 13.3. The summed E-state index contributed by atoms with van der Waals surface area (Å²) in [5.41, 5.74) is 0. The Hall–Kier alpha value is -0.130. The van der Waals surface area contributed by atoms with Crippen molar-refractivity contribution in [2.24, 2.45) is 0 Å². The lowest BCUT2D eigenvalue weighted by Gasteiger charge is -2.34. The molecule has 2 unspecified atom stereocenters. The lowest BCUT2D eigenvalue weighted by molar-refractivity contribution is 0.208. The summed E-state index contributed by atoms with van der Waals surface area (Å²) < 4.78 is 22.9. The molecule has 17 heavy (non-hydrogen) atoms. The van der Waals surface area contributed by atoms with Gasteiger partial charge in [0.15, 0.2) is 9.84 Å². The van der Waals surface area contributed by atoms with Crippen LogP contribution in [0.1, 0.15) is 32.6 Å². The Morgan fingerprint density at radius 2 is 2.18 bits per heavy atom. The van der Waals surface area contributed by atoms with Crippen LogP contribution in [0.3, 0.4) is 0 Å². The largest absolute Gasteiger partial charge is 0.314 e. The monoisotopic (exact) mass is 260 g/mol. The van der Waals surface area contributed by atoms with Crippen LogP contribution in [-0.2, 0) is 9.84 Å². The average Bonchev–Trinajstić information content (AvgIpc) is 2.28. The average molecular weight is 260 g/mol. The molecule has 0 aromatic rings. The Morgan fingerprint density at radius 3 is 2.82 bits per heavy atom. The van der Waals surface area contributed by atoms with E-state index in [0.717, 1.165) is 26.1 Å². The van der Waals surface area contributed by atoms with Gasteiger partial charge in [-0.1, -0.05) is 6.42 Å². The predicted octanol–water partition coefficient (Wildman–Crippen LogP) is 0.638. The minimum atomic E-state index is -2.77. The SMILES string of the molecule is CC1CS(=O)(=O)CCN1CCC1CCCCN1. The van der Waals surface area contributed by atoms with Gasteiger partial charge in [0.2, 0.25) is 0 Å². The first-order valence-corrected chi connectivity index (χ1v) is 8.57. The van der Waals surface area contributed by atoms with E-state index in [2.05, 4.69) is 10.2 Å². The zero-order chi connectivity index (χ0) is 12.3. The van der Waals surface area contributed by atoms with Crippen molar-refractivity contribution >= 4 is 9.84 Å². The van der Waals surface area contributed by atoms with Gasteiger partial charge >= 0.3 is 0 Å². The lowest BCUT2D eigenvalue weighted by Crippen LogP contribution is -2.48. The third kappa shape index (κ3) is 3.93. The third-order valence-electron chi connectivity index (χ3n) is 3.99. The Labute approximate surface area is 105 Å². The predicted molar refractivity (Wildman–Crippen MR) is 69.9 cm³/mol. The van der Waals surface area contributed by atoms with E-state index in [1.165, 1.54) is 19.3 Å². The molecule has 0 radical (unpaired) electrons. The summed E-state index contributed by atoms with van der Waals surface area (Å²) in [5, 5.41) is 3.54. The van der Waals surface area contributed by atoms with Crippen LogP contribution in [-0.4, -0.2) is 56.5 Å². The molecule has 0 amide bonds. The molecule has 4 nitrogen and oxygen atoms in total. The first-order chi connectivity index (χ1) is 8.07. The molecule has 0 aliphatic carbocycles. The summed E-state index contributed by atoms with van der Waals surface area (Å²) in [7, 11) is -2.77. The Morgan fingerprint density at radius 1 is 1.35 bits per heavy atom. The van der Waals surface area contributed by atoms with E-state index >= 15 is 0 Å². The molecule has 0 bridgehead atoms. The van der Waals surface area contributed by atoms with Crippen molar-refractivity contribution in [1.82, 2.24) is 10.2 Å². The van der Waals surface area contributed by atoms with Gasteiger partial charge in [0.05, 0.1) is 11.5 Å². The molecule has 0 saturated carbocycles. The summed E-state index contributed by atoms with van der Waals surface area (Å²) in [4.78, 5) is 2.33. The number of nitrogens with zero attached hydrogens (tertiary/aromatic N) is 1. The quantitative estimate of drug-likeness (QED) is 0.809. The number of hydrogen-bond acceptors (Lipinski definition) is 4. The molecule has 2 rings (SSSR count). The molecule has 2 saturated heterocycles. The molecule has 2 aliphatic rings. The summed E-state index contributed by atoms with van der Waals surface area (Å²) >= 11 is 0. The van der Waals surface area contributed by atoms with E-state index in [9.17, 15) is 8.42 Å². The van der Waals surface area contributed by atoms with Gasteiger partial charge in [-0.05, 0) is 39.3 Å². The van der Waals surface area contributed by atoms with Crippen LogP contribution in [0.15, 0.2) is 0 Å². The fourth-order valence-electron chi connectivity index (χ4n) is 2.86. The van der Waals surface area contributed by atoms with Crippen molar-refractivity contribution < 1.29 is 8.42 Å². The summed E-state index contributed by atoms with van der Waals surface area (Å²) in [6.07, 6.45) is 5.07.